The molecular formula is C16H11N2O2S-. The summed E-state index contributed by atoms with van der Waals surface area (Å²) in [5.41, 5.74) is 1.78. The quantitative estimate of drug-likeness (QED) is 0.730. The number of hydrogen-bond donors (Lipinski definition) is 1. The maximum absolute atomic E-state index is 11.2. The standard InChI is InChI=1S/C16H11N2O2S/c17-9-8-12-13-10-16(11-4-2-1-3-5-11)21-15(13)7-6-14(12)18(19)20/h1-7,10,19H,8H2/q-1. The number of thiophene rings is 1. The molecule has 2 aromatic carbocycles. The lowest BCUT2D eigenvalue weighted by Crippen LogP contribution is -2.09. The van der Waals surface area contributed by atoms with Crippen LogP contribution in [-0.4, -0.2) is 5.21 Å². The molecule has 5 heteroatoms. The van der Waals surface area contributed by atoms with E-state index in [1.54, 1.807) is 23.5 Å². The minimum Gasteiger partial charge on any atom is -0.733 e. The van der Waals surface area contributed by atoms with Crippen LogP contribution in [0.15, 0.2) is 48.5 Å². The summed E-state index contributed by atoms with van der Waals surface area (Å²) >= 11 is 1.60. The molecule has 0 bridgehead atoms. The predicted octanol–water partition coefficient (Wildman–Crippen LogP) is 4.33. The number of nitrogens with zero attached hydrogens (tertiary/aromatic N) is 2. The molecule has 0 unspecified atom stereocenters. The van der Waals surface area contributed by atoms with Gasteiger partial charge in [-0.1, -0.05) is 30.3 Å². The molecule has 0 atom stereocenters. The van der Waals surface area contributed by atoms with Gasteiger partial charge in [0.25, 0.3) is 0 Å². The summed E-state index contributed by atoms with van der Waals surface area (Å²) in [6.45, 7) is 0. The largest absolute Gasteiger partial charge is 0.733 e. The number of rotatable bonds is 3. The van der Waals surface area contributed by atoms with E-state index in [4.69, 9.17) is 5.26 Å². The number of nitriles is 1. The second-order valence-corrected chi connectivity index (χ2v) is 5.64. The van der Waals surface area contributed by atoms with Crippen molar-refractivity contribution in [2.45, 2.75) is 6.42 Å². The third-order valence-electron chi connectivity index (χ3n) is 3.31. The zero-order chi connectivity index (χ0) is 14.8. The summed E-state index contributed by atoms with van der Waals surface area (Å²) in [6, 6.07) is 17.3. The Balaban J connectivity index is 2.22. The van der Waals surface area contributed by atoms with Gasteiger partial charge in [0.15, 0.2) is 0 Å². The predicted molar refractivity (Wildman–Crippen MR) is 84.2 cm³/mol. The lowest BCUT2D eigenvalue weighted by atomic mass is 10.0. The highest BCUT2D eigenvalue weighted by molar-refractivity contribution is 7.22. The van der Waals surface area contributed by atoms with Crippen molar-refractivity contribution in [1.82, 2.24) is 0 Å². The Labute approximate surface area is 125 Å². The first-order valence-electron chi connectivity index (χ1n) is 6.34. The Kier molecular flexibility index (Phi) is 3.59. The van der Waals surface area contributed by atoms with Gasteiger partial charge in [0.05, 0.1) is 18.2 Å². The Morgan fingerprint density at radius 1 is 1.19 bits per heavy atom. The Morgan fingerprint density at radius 3 is 2.62 bits per heavy atom. The van der Waals surface area contributed by atoms with Crippen molar-refractivity contribution in [2.75, 3.05) is 5.23 Å². The van der Waals surface area contributed by atoms with E-state index in [9.17, 15) is 10.4 Å². The van der Waals surface area contributed by atoms with Crippen LogP contribution in [0.25, 0.3) is 20.5 Å². The fourth-order valence-electron chi connectivity index (χ4n) is 2.35. The molecule has 0 saturated carbocycles. The first kappa shape index (κ1) is 13.6. The number of hydrogen-bond acceptors (Lipinski definition) is 5. The monoisotopic (exact) mass is 295 g/mol. The van der Waals surface area contributed by atoms with Crippen LogP contribution in [0.1, 0.15) is 5.56 Å². The summed E-state index contributed by atoms with van der Waals surface area (Å²) in [5, 5.41) is 30.0. The van der Waals surface area contributed by atoms with E-state index in [0.717, 1.165) is 20.5 Å². The number of benzene rings is 2. The van der Waals surface area contributed by atoms with Crippen molar-refractivity contribution in [2.24, 2.45) is 0 Å². The number of fused-ring (bicyclic) bond motifs is 1. The molecular weight excluding hydrogens is 284 g/mol. The van der Waals surface area contributed by atoms with Gasteiger partial charge in [-0.15, -0.1) is 11.3 Å². The molecule has 3 aromatic rings. The Morgan fingerprint density at radius 2 is 1.95 bits per heavy atom. The zero-order valence-corrected chi connectivity index (χ0v) is 11.8. The van der Waals surface area contributed by atoms with Crippen molar-refractivity contribution in [3.63, 3.8) is 0 Å². The highest BCUT2D eigenvalue weighted by Crippen LogP contribution is 2.38. The van der Waals surface area contributed by atoms with Gasteiger partial charge in [0.1, 0.15) is 0 Å². The average Bonchev–Trinajstić information content (AvgIpc) is 2.93. The second kappa shape index (κ2) is 5.54. The van der Waals surface area contributed by atoms with Crippen molar-refractivity contribution in [3.05, 3.63) is 59.3 Å². The van der Waals surface area contributed by atoms with Crippen molar-refractivity contribution < 1.29 is 5.21 Å². The van der Waals surface area contributed by atoms with Gasteiger partial charge in [0.2, 0.25) is 0 Å². The van der Waals surface area contributed by atoms with Gasteiger partial charge in [0, 0.05) is 9.58 Å². The highest BCUT2D eigenvalue weighted by Gasteiger charge is 2.12. The van der Waals surface area contributed by atoms with Crippen LogP contribution in [0.2, 0.25) is 0 Å². The van der Waals surface area contributed by atoms with E-state index in [2.05, 4.69) is 0 Å². The minimum atomic E-state index is -0.175. The lowest BCUT2D eigenvalue weighted by Gasteiger charge is -2.24. The molecule has 1 N–H and O–H groups in total. The molecule has 0 spiro atoms. The molecule has 0 amide bonds. The molecule has 0 aliphatic carbocycles. The van der Waals surface area contributed by atoms with Crippen LogP contribution in [-0.2, 0) is 6.42 Å². The third kappa shape index (κ3) is 2.48. The molecule has 4 nitrogen and oxygen atoms in total. The fourth-order valence-corrected chi connectivity index (χ4v) is 3.44. The van der Waals surface area contributed by atoms with E-state index < -0.39 is 0 Å². The van der Waals surface area contributed by atoms with Crippen LogP contribution in [0.4, 0.5) is 5.69 Å². The summed E-state index contributed by atoms with van der Waals surface area (Å²) in [6.07, 6.45) is 0.0803. The zero-order valence-electron chi connectivity index (χ0n) is 11.0. The molecule has 1 aromatic heterocycles. The van der Waals surface area contributed by atoms with Crippen molar-refractivity contribution in [1.29, 1.82) is 5.26 Å². The number of anilines is 1. The average molecular weight is 295 g/mol. The van der Waals surface area contributed by atoms with E-state index in [-0.39, 0.29) is 17.3 Å². The van der Waals surface area contributed by atoms with Gasteiger partial charge in [-0.25, -0.2) is 0 Å². The van der Waals surface area contributed by atoms with E-state index in [1.807, 2.05) is 42.5 Å². The van der Waals surface area contributed by atoms with Gasteiger partial charge in [-0.2, -0.15) is 5.26 Å². The molecule has 1 heterocycles. The SMILES string of the molecule is N#CCc1c(N([O-])O)ccc2sc(-c3ccccc3)cc12. The molecule has 0 aliphatic rings. The summed E-state index contributed by atoms with van der Waals surface area (Å²) in [5.74, 6) is 0. The topological polar surface area (TPSA) is 70.3 Å². The van der Waals surface area contributed by atoms with Crippen LogP contribution in [0.3, 0.4) is 0 Å². The first-order chi connectivity index (χ1) is 10.2. The maximum atomic E-state index is 11.2. The van der Waals surface area contributed by atoms with E-state index in [1.165, 1.54) is 0 Å². The molecule has 0 aliphatic heterocycles. The second-order valence-electron chi connectivity index (χ2n) is 4.56. The van der Waals surface area contributed by atoms with Crippen LogP contribution in [0, 0.1) is 16.5 Å². The molecule has 0 fully saturated rings. The smallest absolute Gasteiger partial charge is 0.0670 e. The summed E-state index contributed by atoms with van der Waals surface area (Å²) in [7, 11) is 0. The van der Waals surface area contributed by atoms with Gasteiger partial charge in [-0.3, -0.25) is 5.21 Å². The van der Waals surface area contributed by atoms with Gasteiger partial charge in [-0.05, 0) is 34.7 Å². The third-order valence-corrected chi connectivity index (χ3v) is 4.46. The summed E-state index contributed by atoms with van der Waals surface area (Å²) in [4.78, 5) is 1.07. The normalized spacial score (nSPS) is 10.5. The van der Waals surface area contributed by atoms with Gasteiger partial charge < -0.3 is 10.4 Å². The highest BCUT2D eigenvalue weighted by atomic mass is 32.1. The molecule has 104 valence electrons. The lowest BCUT2D eigenvalue weighted by molar-refractivity contribution is 0.296. The fraction of sp³-hybridized carbons (Fsp3) is 0.0625. The van der Waals surface area contributed by atoms with Crippen molar-refractivity contribution >= 4 is 27.1 Å². The van der Waals surface area contributed by atoms with Crippen LogP contribution >= 0.6 is 11.3 Å². The van der Waals surface area contributed by atoms with E-state index >= 15 is 0 Å². The van der Waals surface area contributed by atoms with Gasteiger partial charge >= 0.3 is 0 Å². The van der Waals surface area contributed by atoms with Crippen molar-refractivity contribution in [3.8, 4) is 16.5 Å². The molecule has 0 saturated heterocycles. The minimum absolute atomic E-state index is 0.0803. The molecule has 21 heavy (non-hydrogen) atoms. The van der Waals surface area contributed by atoms with E-state index in [0.29, 0.717) is 5.56 Å². The maximum Gasteiger partial charge on any atom is 0.0670 e. The van der Waals surface area contributed by atoms with Crippen LogP contribution < -0.4 is 5.23 Å². The van der Waals surface area contributed by atoms with Crippen LogP contribution in [0.5, 0.6) is 0 Å². The molecule has 0 radical (unpaired) electrons. The molecule has 3 rings (SSSR count). The Hall–Kier alpha value is -2.39. The first-order valence-corrected chi connectivity index (χ1v) is 7.16. The summed E-state index contributed by atoms with van der Waals surface area (Å²) < 4.78 is 0.990. The Bertz CT molecular complexity index is 819.